The Hall–Kier alpha value is -2.94. The van der Waals surface area contributed by atoms with E-state index in [4.69, 9.17) is 4.74 Å². The van der Waals surface area contributed by atoms with Gasteiger partial charge in [-0.25, -0.2) is 4.98 Å². The van der Waals surface area contributed by atoms with Gasteiger partial charge in [-0.15, -0.1) is 0 Å². The summed E-state index contributed by atoms with van der Waals surface area (Å²) in [6.07, 6.45) is 7.07. The van der Waals surface area contributed by atoms with Gasteiger partial charge in [-0.05, 0) is 37.8 Å². The van der Waals surface area contributed by atoms with Crippen molar-refractivity contribution < 1.29 is 14.3 Å². The van der Waals surface area contributed by atoms with Crippen LogP contribution in [0, 0.1) is 5.92 Å². The Morgan fingerprint density at radius 2 is 2.20 bits per heavy atom. The Morgan fingerprint density at radius 1 is 1.37 bits per heavy atom. The number of ether oxygens (including phenoxy) is 1. The van der Waals surface area contributed by atoms with E-state index in [1.54, 1.807) is 32.9 Å². The fraction of sp³-hybridized carbons (Fsp3) is 0.524. The van der Waals surface area contributed by atoms with Crippen LogP contribution in [0.15, 0.2) is 30.7 Å². The maximum absolute atomic E-state index is 13.1. The summed E-state index contributed by atoms with van der Waals surface area (Å²) >= 11 is 0. The zero-order valence-electron chi connectivity index (χ0n) is 17.3. The predicted octanol–water partition coefficient (Wildman–Crippen LogP) is 1.63. The molecule has 9 heteroatoms. The zero-order chi connectivity index (χ0) is 20.9. The maximum atomic E-state index is 13.1. The third-order valence-electron chi connectivity index (χ3n) is 5.72. The van der Waals surface area contributed by atoms with Gasteiger partial charge in [0.1, 0.15) is 5.82 Å². The highest BCUT2D eigenvalue weighted by atomic mass is 16.5. The number of hydrogen-bond acceptors (Lipinski definition) is 6. The van der Waals surface area contributed by atoms with E-state index in [1.165, 1.54) is 0 Å². The highest BCUT2D eigenvalue weighted by molar-refractivity contribution is 6.04. The molecule has 1 fully saturated rings. The molecule has 2 aromatic rings. The molecule has 4 rings (SSSR count). The highest BCUT2D eigenvalue weighted by Gasteiger charge is 2.29. The van der Waals surface area contributed by atoms with Gasteiger partial charge in [-0.3, -0.25) is 14.3 Å². The van der Waals surface area contributed by atoms with Gasteiger partial charge in [0.2, 0.25) is 5.91 Å². The first-order chi connectivity index (χ1) is 14.7. The first-order valence-electron chi connectivity index (χ1n) is 10.5. The summed E-state index contributed by atoms with van der Waals surface area (Å²) in [6, 6.07) is 3.66. The van der Waals surface area contributed by atoms with Crippen molar-refractivity contribution in [3.63, 3.8) is 0 Å². The van der Waals surface area contributed by atoms with Crippen molar-refractivity contribution in [1.82, 2.24) is 19.7 Å². The minimum Gasteiger partial charge on any atom is -0.381 e. The number of nitrogens with zero attached hydrogens (tertiary/aromatic N) is 5. The number of carbonyl (C=O) groups is 2. The molecular weight excluding hydrogens is 384 g/mol. The number of rotatable bonds is 7. The van der Waals surface area contributed by atoms with E-state index >= 15 is 0 Å². The van der Waals surface area contributed by atoms with E-state index in [9.17, 15) is 9.59 Å². The van der Waals surface area contributed by atoms with Crippen molar-refractivity contribution in [1.29, 1.82) is 0 Å². The van der Waals surface area contributed by atoms with Crippen molar-refractivity contribution in [2.45, 2.75) is 26.3 Å². The minimum atomic E-state index is -0.0935. The minimum absolute atomic E-state index is 0.00595. The molecule has 2 aromatic heterocycles. The molecule has 9 nitrogen and oxygen atoms in total. The first-order valence-corrected chi connectivity index (χ1v) is 10.5. The quantitative estimate of drug-likeness (QED) is 0.743. The molecule has 2 aliphatic heterocycles. The summed E-state index contributed by atoms with van der Waals surface area (Å²) < 4.78 is 7.24. The molecule has 30 heavy (non-hydrogen) atoms. The summed E-state index contributed by atoms with van der Waals surface area (Å²) in [4.78, 5) is 33.8. The second-order valence-electron chi connectivity index (χ2n) is 7.66. The number of aromatic nitrogens is 3. The fourth-order valence-corrected chi connectivity index (χ4v) is 3.93. The van der Waals surface area contributed by atoms with Crippen LogP contribution in [-0.4, -0.2) is 70.9 Å². The Labute approximate surface area is 176 Å². The first kappa shape index (κ1) is 20.3. The molecule has 4 heterocycles. The number of amides is 2. The van der Waals surface area contributed by atoms with E-state index in [-0.39, 0.29) is 18.4 Å². The molecule has 2 amide bonds. The summed E-state index contributed by atoms with van der Waals surface area (Å²) in [5, 5.41) is 7.26. The second-order valence-corrected chi connectivity index (χ2v) is 7.66. The molecule has 0 radical (unpaired) electrons. The lowest BCUT2D eigenvalue weighted by Gasteiger charge is -2.34. The molecule has 0 spiro atoms. The second kappa shape index (κ2) is 9.25. The van der Waals surface area contributed by atoms with Crippen LogP contribution >= 0.6 is 0 Å². The SMILES string of the molecule is CCN(CCn1cccn1)C(=O)c1cnc2c(c1)N(CC1CCOCC1)C(=O)CN2. The van der Waals surface area contributed by atoms with Crippen molar-refractivity contribution in [2.75, 3.05) is 49.6 Å². The van der Waals surface area contributed by atoms with Gasteiger partial charge in [0.15, 0.2) is 0 Å². The third-order valence-corrected chi connectivity index (χ3v) is 5.72. The van der Waals surface area contributed by atoms with Crippen molar-refractivity contribution >= 4 is 23.3 Å². The molecule has 160 valence electrons. The van der Waals surface area contributed by atoms with Crippen molar-refractivity contribution in [2.24, 2.45) is 5.92 Å². The van der Waals surface area contributed by atoms with Gasteiger partial charge in [0.25, 0.3) is 5.91 Å². The van der Waals surface area contributed by atoms with Crippen molar-refractivity contribution in [3.05, 3.63) is 36.3 Å². The van der Waals surface area contributed by atoms with E-state index in [2.05, 4.69) is 15.4 Å². The Balaban J connectivity index is 1.51. The molecule has 0 bridgehead atoms. The standard InChI is InChI=1S/C21H28N6O3/c1-2-25(8-9-26-7-3-6-24-26)21(29)17-12-18-20(22-13-17)23-14-19(28)27(18)15-16-4-10-30-11-5-16/h3,6-7,12-13,16H,2,4-5,8-11,14-15H2,1H3,(H,22,23). The van der Waals surface area contributed by atoms with Gasteiger partial charge in [-0.2, -0.15) is 5.10 Å². The molecular formula is C21H28N6O3. The van der Waals surface area contributed by atoms with Crippen LogP contribution in [0.2, 0.25) is 0 Å². The van der Waals surface area contributed by atoms with E-state index in [1.807, 2.05) is 19.2 Å². The van der Waals surface area contributed by atoms with Gasteiger partial charge < -0.3 is 19.9 Å². The monoisotopic (exact) mass is 412 g/mol. The normalized spacial score (nSPS) is 16.8. The fourth-order valence-electron chi connectivity index (χ4n) is 3.93. The third kappa shape index (κ3) is 4.46. The number of anilines is 2. The predicted molar refractivity (Wildman–Crippen MR) is 112 cm³/mol. The molecule has 0 atom stereocenters. The molecule has 1 N–H and O–H groups in total. The van der Waals surface area contributed by atoms with Gasteiger partial charge in [0, 0.05) is 51.4 Å². The molecule has 0 unspecified atom stereocenters. The molecule has 2 aliphatic rings. The number of carbonyl (C=O) groups excluding carboxylic acids is 2. The Bertz CT molecular complexity index is 879. The van der Waals surface area contributed by atoms with Crippen LogP contribution in [0.25, 0.3) is 0 Å². The lowest BCUT2D eigenvalue weighted by molar-refractivity contribution is -0.117. The summed E-state index contributed by atoms with van der Waals surface area (Å²) in [5.41, 5.74) is 1.18. The van der Waals surface area contributed by atoms with Crippen LogP contribution in [0.5, 0.6) is 0 Å². The number of nitrogens with one attached hydrogen (secondary N) is 1. The Morgan fingerprint density at radius 3 is 2.93 bits per heavy atom. The summed E-state index contributed by atoms with van der Waals surface area (Å²) in [7, 11) is 0. The molecule has 0 aliphatic carbocycles. The summed E-state index contributed by atoms with van der Waals surface area (Å²) in [6.45, 7) is 6.04. The van der Waals surface area contributed by atoms with Crippen LogP contribution in [0.3, 0.4) is 0 Å². The number of likely N-dealkylation sites (N-methyl/N-ethyl adjacent to an activating group) is 1. The highest BCUT2D eigenvalue weighted by Crippen LogP contribution is 2.31. The van der Waals surface area contributed by atoms with Crippen molar-refractivity contribution in [3.8, 4) is 0 Å². The summed E-state index contributed by atoms with van der Waals surface area (Å²) in [5.74, 6) is 0.961. The van der Waals surface area contributed by atoms with Crippen LogP contribution in [0.4, 0.5) is 11.5 Å². The molecule has 1 saturated heterocycles. The smallest absolute Gasteiger partial charge is 0.255 e. The topological polar surface area (TPSA) is 92.6 Å². The molecule has 0 saturated carbocycles. The van der Waals surface area contributed by atoms with E-state index < -0.39 is 0 Å². The van der Waals surface area contributed by atoms with Crippen LogP contribution in [0.1, 0.15) is 30.1 Å². The van der Waals surface area contributed by atoms with Crippen LogP contribution < -0.4 is 10.2 Å². The van der Waals surface area contributed by atoms with Gasteiger partial charge in [0.05, 0.1) is 24.3 Å². The number of pyridine rings is 1. The zero-order valence-corrected chi connectivity index (χ0v) is 17.3. The number of fused-ring (bicyclic) bond motifs is 1. The largest absolute Gasteiger partial charge is 0.381 e. The van der Waals surface area contributed by atoms with Crippen LogP contribution in [-0.2, 0) is 16.1 Å². The number of hydrogen-bond donors (Lipinski definition) is 1. The average Bonchev–Trinajstić information content (AvgIpc) is 3.30. The average molecular weight is 412 g/mol. The molecule has 0 aromatic carbocycles. The van der Waals surface area contributed by atoms with Gasteiger partial charge >= 0.3 is 0 Å². The maximum Gasteiger partial charge on any atom is 0.255 e. The van der Waals surface area contributed by atoms with E-state index in [0.717, 1.165) is 26.1 Å². The van der Waals surface area contributed by atoms with E-state index in [0.29, 0.717) is 49.2 Å². The Kier molecular flexibility index (Phi) is 6.27. The van der Waals surface area contributed by atoms with Gasteiger partial charge in [-0.1, -0.05) is 0 Å². The lowest BCUT2D eigenvalue weighted by atomic mass is 9.99. The lowest BCUT2D eigenvalue weighted by Crippen LogP contribution is -2.44.